The van der Waals surface area contributed by atoms with Gasteiger partial charge in [-0.05, 0) is 36.1 Å². The molecule has 0 atom stereocenters. The number of ether oxygens (including phenoxy) is 1. The molecular weight excluding hydrogens is 436 g/mol. The van der Waals surface area contributed by atoms with Gasteiger partial charge in [0.05, 0.1) is 18.0 Å². The Balaban J connectivity index is 1.80. The van der Waals surface area contributed by atoms with E-state index in [9.17, 15) is 21.6 Å². The van der Waals surface area contributed by atoms with Crippen molar-refractivity contribution in [2.75, 3.05) is 40.0 Å². The molecule has 0 saturated carbocycles. The zero-order valence-corrected chi connectivity index (χ0v) is 18.9. The van der Waals surface area contributed by atoms with Crippen LogP contribution in [0.3, 0.4) is 0 Å². The van der Waals surface area contributed by atoms with Gasteiger partial charge in [0.15, 0.2) is 9.84 Å². The molecule has 160 valence electrons. The number of carbonyl (C=O) groups is 1. The number of hydrogen-bond donors (Lipinski definition) is 0. The summed E-state index contributed by atoms with van der Waals surface area (Å²) in [6, 6.07) is 9.36. The molecule has 0 spiro atoms. The van der Waals surface area contributed by atoms with E-state index in [0.29, 0.717) is 18.7 Å². The Morgan fingerprint density at radius 1 is 1.10 bits per heavy atom. The molecule has 0 saturated heterocycles. The smallest absolute Gasteiger partial charge is 0.252 e. The number of likely N-dealkylation sites (N-methyl/N-ethyl adjacent to an activating group) is 2. The number of nitrogens with zero attached hydrogens (tertiary/aromatic N) is 2. The predicted molar refractivity (Wildman–Crippen MR) is 111 cm³/mol. The van der Waals surface area contributed by atoms with E-state index >= 15 is 0 Å². The quantitative estimate of drug-likeness (QED) is 0.500. The van der Waals surface area contributed by atoms with E-state index in [1.807, 2.05) is 0 Å². The highest BCUT2D eigenvalue weighted by atomic mass is 32.2. The number of amides is 1. The van der Waals surface area contributed by atoms with Crippen LogP contribution in [0.2, 0.25) is 0 Å². The van der Waals surface area contributed by atoms with E-state index in [2.05, 4.69) is 0 Å². The Labute approximate surface area is 175 Å². The molecule has 2 aromatic rings. The normalized spacial score (nSPS) is 12.1. The molecule has 0 aliphatic heterocycles. The first-order valence-corrected chi connectivity index (χ1v) is 12.9. The molecule has 8 nitrogen and oxygen atoms in total. The number of sulfonamides is 1. The van der Waals surface area contributed by atoms with Crippen LogP contribution in [-0.4, -0.2) is 72.0 Å². The standard InChI is InChI=1S/C18H24N2O6S3/c1-19(17(21)14-20(2)29(24,25)18-9-5-12-27-18)10-6-11-26-15-7-4-8-16(13-15)28(3,22)23/h4-5,7-9,12-13H,6,10-11,14H2,1-3H3. The van der Waals surface area contributed by atoms with E-state index in [-0.39, 0.29) is 28.2 Å². The monoisotopic (exact) mass is 460 g/mol. The lowest BCUT2D eigenvalue weighted by Crippen LogP contribution is -2.39. The van der Waals surface area contributed by atoms with Gasteiger partial charge in [-0.1, -0.05) is 12.1 Å². The molecule has 2 rings (SSSR count). The van der Waals surface area contributed by atoms with Crippen molar-refractivity contribution in [2.24, 2.45) is 0 Å². The van der Waals surface area contributed by atoms with Crippen LogP contribution in [-0.2, 0) is 24.7 Å². The molecule has 1 heterocycles. The van der Waals surface area contributed by atoms with Crippen molar-refractivity contribution in [3.63, 3.8) is 0 Å². The van der Waals surface area contributed by atoms with Gasteiger partial charge in [-0.15, -0.1) is 11.3 Å². The van der Waals surface area contributed by atoms with Gasteiger partial charge in [0, 0.05) is 26.9 Å². The van der Waals surface area contributed by atoms with Crippen molar-refractivity contribution in [3.8, 4) is 5.75 Å². The number of thiophene rings is 1. The average Bonchev–Trinajstić information content (AvgIpc) is 3.20. The lowest BCUT2D eigenvalue weighted by molar-refractivity contribution is -0.130. The van der Waals surface area contributed by atoms with Crippen molar-refractivity contribution in [1.29, 1.82) is 0 Å². The summed E-state index contributed by atoms with van der Waals surface area (Å²) < 4.78 is 54.6. The third kappa shape index (κ3) is 6.53. The zero-order chi connectivity index (χ0) is 21.7. The topological polar surface area (TPSA) is 101 Å². The number of hydrogen-bond acceptors (Lipinski definition) is 7. The fourth-order valence-electron chi connectivity index (χ4n) is 2.37. The van der Waals surface area contributed by atoms with Gasteiger partial charge in [0.2, 0.25) is 5.91 Å². The molecule has 1 aromatic carbocycles. The van der Waals surface area contributed by atoms with Crippen molar-refractivity contribution >= 4 is 37.1 Å². The van der Waals surface area contributed by atoms with Crippen LogP contribution in [0, 0.1) is 0 Å². The molecular formula is C18H24N2O6S3. The Morgan fingerprint density at radius 3 is 2.45 bits per heavy atom. The minimum atomic E-state index is -3.67. The summed E-state index contributed by atoms with van der Waals surface area (Å²) in [5, 5.41) is 1.67. The van der Waals surface area contributed by atoms with Crippen LogP contribution in [0.4, 0.5) is 0 Å². The predicted octanol–water partition coefficient (Wildman–Crippen LogP) is 1.70. The van der Waals surface area contributed by atoms with Gasteiger partial charge >= 0.3 is 0 Å². The second-order valence-electron chi connectivity index (χ2n) is 6.46. The molecule has 0 unspecified atom stereocenters. The highest BCUT2D eigenvalue weighted by molar-refractivity contribution is 7.91. The average molecular weight is 461 g/mol. The molecule has 1 amide bonds. The van der Waals surface area contributed by atoms with Crippen LogP contribution < -0.4 is 4.74 Å². The fraction of sp³-hybridized carbons (Fsp3) is 0.389. The Kier molecular flexibility index (Phi) is 7.80. The van der Waals surface area contributed by atoms with Crippen LogP contribution >= 0.6 is 11.3 Å². The summed E-state index contributed by atoms with van der Waals surface area (Å²) in [6.07, 6.45) is 1.63. The second-order valence-corrected chi connectivity index (χ2v) is 11.7. The van der Waals surface area contributed by atoms with Crippen molar-refractivity contribution in [2.45, 2.75) is 15.5 Å². The van der Waals surface area contributed by atoms with Crippen LogP contribution in [0.25, 0.3) is 0 Å². The Hall–Kier alpha value is -1.95. The van der Waals surface area contributed by atoms with Gasteiger partial charge in [-0.3, -0.25) is 4.79 Å². The van der Waals surface area contributed by atoms with E-state index in [1.165, 1.54) is 30.1 Å². The molecule has 11 heteroatoms. The largest absolute Gasteiger partial charge is 0.493 e. The van der Waals surface area contributed by atoms with Gasteiger partial charge in [0.1, 0.15) is 9.96 Å². The maximum absolute atomic E-state index is 12.4. The van der Waals surface area contributed by atoms with E-state index in [4.69, 9.17) is 4.74 Å². The lowest BCUT2D eigenvalue weighted by atomic mass is 10.3. The first-order valence-electron chi connectivity index (χ1n) is 8.68. The summed E-state index contributed by atoms with van der Waals surface area (Å²) >= 11 is 1.10. The van der Waals surface area contributed by atoms with Crippen molar-refractivity contribution < 1.29 is 26.4 Å². The fourth-order valence-corrected chi connectivity index (χ4v) is 5.35. The summed E-state index contributed by atoms with van der Waals surface area (Å²) in [5.41, 5.74) is 0. The summed E-state index contributed by atoms with van der Waals surface area (Å²) in [4.78, 5) is 13.9. The third-order valence-corrected chi connectivity index (χ3v) is 8.37. The number of rotatable bonds is 10. The number of benzene rings is 1. The third-order valence-electron chi connectivity index (χ3n) is 4.08. The molecule has 0 fully saturated rings. The summed E-state index contributed by atoms with van der Waals surface area (Å²) in [6.45, 7) is 0.402. The minimum Gasteiger partial charge on any atom is -0.493 e. The molecule has 29 heavy (non-hydrogen) atoms. The number of sulfone groups is 1. The molecule has 0 N–H and O–H groups in total. The molecule has 1 aromatic heterocycles. The van der Waals surface area contributed by atoms with E-state index in [0.717, 1.165) is 21.9 Å². The first-order chi connectivity index (χ1) is 13.5. The highest BCUT2D eigenvalue weighted by Crippen LogP contribution is 2.20. The maximum atomic E-state index is 12.4. The Bertz CT molecular complexity index is 1030. The zero-order valence-electron chi connectivity index (χ0n) is 16.4. The number of carbonyl (C=O) groups excluding carboxylic acids is 1. The maximum Gasteiger partial charge on any atom is 0.252 e. The van der Waals surface area contributed by atoms with E-state index < -0.39 is 19.9 Å². The molecule has 0 radical (unpaired) electrons. The lowest BCUT2D eigenvalue weighted by Gasteiger charge is -2.21. The van der Waals surface area contributed by atoms with Crippen LogP contribution in [0.1, 0.15) is 6.42 Å². The highest BCUT2D eigenvalue weighted by Gasteiger charge is 2.24. The van der Waals surface area contributed by atoms with Crippen molar-refractivity contribution in [1.82, 2.24) is 9.21 Å². The summed E-state index contributed by atoms with van der Waals surface area (Å²) in [5.74, 6) is 0.107. The summed E-state index contributed by atoms with van der Waals surface area (Å²) in [7, 11) is -4.01. The van der Waals surface area contributed by atoms with Gasteiger partial charge < -0.3 is 9.64 Å². The van der Waals surface area contributed by atoms with Crippen molar-refractivity contribution in [3.05, 3.63) is 41.8 Å². The van der Waals surface area contributed by atoms with Gasteiger partial charge in [0.25, 0.3) is 10.0 Å². The molecule has 0 aliphatic rings. The van der Waals surface area contributed by atoms with Crippen LogP contribution in [0.5, 0.6) is 5.75 Å². The Morgan fingerprint density at radius 2 is 1.83 bits per heavy atom. The molecule has 0 bridgehead atoms. The van der Waals surface area contributed by atoms with Gasteiger partial charge in [-0.2, -0.15) is 4.31 Å². The van der Waals surface area contributed by atoms with Gasteiger partial charge in [-0.25, -0.2) is 16.8 Å². The second kappa shape index (κ2) is 9.70. The van der Waals surface area contributed by atoms with Crippen LogP contribution in [0.15, 0.2) is 50.9 Å². The van der Waals surface area contributed by atoms with E-state index in [1.54, 1.807) is 30.6 Å². The SMILES string of the molecule is CN(CCCOc1cccc(S(C)(=O)=O)c1)C(=O)CN(C)S(=O)(=O)c1cccs1. The first kappa shape index (κ1) is 23.3. The molecule has 0 aliphatic carbocycles. The minimum absolute atomic E-state index is 0.178.